The summed E-state index contributed by atoms with van der Waals surface area (Å²) in [4.78, 5) is 11.4. The van der Waals surface area contributed by atoms with E-state index in [0.717, 1.165) is 5.56 Å². The minimum Gasteiger partial charge on any atom is -0.292 e. The molecule has 1 aromatic carbocycles. The van der Waals surface area contributed by atoms with Gasteiger partial charge in [0.05, 0.1) is 6.54 Å². The molecule has 1 aliphatic rings. The van der Waals surface area contributed by atoms with Gasteiger partial charge in [0.1, 0.15) is 5.92 Å². The van der Waals surface area contributed by atoms with Crippen LogP contribution < -0.4 is 0 Å². The molecule has 1 saturated heterocycles. The molecule has 0 unspecified atom stereocenters. The molecule has 0 aromatic heterocycles. The molecule has 1 aliphatic heterocycles. The number of hydrogen-bond acceptors (Lipinski definition) is 3. The summed E-state index contributed by atoms with van der Waals surface area (Å²) in [6.07, 6.45) is -4.52. The van der Waals surface area contributed by atoms with E-state index in [1.54, 1.807) is 24.3 Å². The predicted molar refractivity (Wildman–Crippen MR) is 62.0 cm³/mol. The lowest BCUT2D eigenvalue weighted by Crippen LogP contribution is -2.37. The largest absolute Gasteiger partial charge is 0.399 e. The molecule has 104 valence electrons. The van der Waals surface area contributed by atoms with Gasteiger partial charge in [0.2, 0.25) is 6.04 Å². The lowest BCUT2D eigenvalue weighted by molar-refractivity contribution is -0.534. The van der Waals surface area contributed by atoms with Crippen molar-refractivity contribution in [2.45, 2.75) is 18.8 Å². The number of alkyl halides is 3. The molecule has 2 atom stereocenters. The standard InChI is InChI=1S/C12H13F3N2O2/c13-12(14,15)10-7-16(8-11(10)17(18)19)6-9-4-2-1-3-5-9/h1-5,10-11H,6-8H2/t10-,11+/m0/s1. The summed E-state index contributed by atoms with van der Waals surface area (Å²) in [5, 5.41) is 10.7. The molecule has 0 bridgehead atoms. The summed E-state index contributed by atoms with van der Waals surface area (Å²) in [6, 6.07) is 7.41. The Kier molecular flexibility index (Phi) is 3.75. The van der Waals surface area contributed by atoms with Gasteiger partial charge in [0, 0.05) is 18.0 Å². The molecule has 7 heteroatoms. The highest BCUT2D eigenvalue weighted by Crippen LogP contribution is 2.35. The molecule has 0 saturated carbocycles. The number of benzene rings is 1. The van der Waals surface area contributed by atoms with E-state index in [2.05, 4.69) is 0 Å². The third-order valence-electron chi connectivity index (χ3n) is 3.30. The van der Waals surface area contributed by atoms with Crippen LogP contribution in [0.15, 0.2) is 30.3 Å². The van der Waals surface area contributed by atoms with Gasteiger partial charge in [-0.3, -0.25) is 15.0 Å². The average Bonchev–Trinajstić information content (AvgIpc) is 2.74. The van der Waals surface area contributed by atoms with Crippen LogP contribution in [0.25, 0.3) is 0 Å². The van der Waals surface area contributed by atoms with Crippen molar-refractivity contribution in [2.24, 2.45) is 5.92 Å². The summed E-state index contributed by atoms with van der Waals surface area (Å²) < 4.78 is 38.3. The molecule has 0 radical (unpaired) electrons. The minimum atomic E-state index is -4.52. The third kappa shape index (κ3) is 3.23. The number of halogens is 3. The van der Waals surface area contributed by atoms with E-state index >= 15 is 0 Å². The molecule has 0 amide bonds. The van der Waals surface area contributed by atoms with Gasteiger partial charge < -0.3 is 0 Å². The monoisotopic (exact) mass is 274 g/mol. The molecular formula is C12H13F3N2O2. The zero-order valence-electron chi connectivity index (χ0n) is 10.0. The van der Waals surface area contributed by atoms with Crippen LogP contribution in [-0.4, -0.2) is 35.1 Å². The summed E-state index contributed by atoms with van der Waals surface area (Å²) in [5.74, 6) is -1.88. The maximum atomic E-state index is 12.8. The SMILES string of the molecule is O=[N+]([O-])[C@@H]1CN(Cc2ccccc2)C[C@@H]1C(F)(F)F. The highest BCUT2D eigenvalue weighted by molar-refractivity contribution is 5.14. The summed E-state index contributed by atoms with van der Waals surface area (Å²) >= 11 is 0. The normalized spacial score (nSPS) is 24.6. The molecule has 4 nitrogen and oxygen atoms in total. The zero-order valence-corrected chi connectivity index (χ0v) is 10.0. The molecule has 1 aromatic rings. The number of likely N-dealkylation sites (tertiary alicyclic amines) is 1. The average molecular weight is 274 g/mol. The van der Waals surface area contributed by atoms with Gasteiger partial charge in [0.25, 0.3) is 0 Å². The van der Waals surface area contributed by atoms with Crippen molar-refractivity contribution in [1.82, 2.24) is 4.90 Å². The Balaban J connectivity index is 2.08. The van der Waals surface area contributed by atoms with Gasteiger partial charge in [-0.1, -0.05) is 30.3 Å². The Morgan fingerprint density at radius 2 is 1.89 bits per heavy atom. The van der Waals surface area contributed by atoms with Crippen LogP contribution in [0.5, 0.6) is 0 Å². The Hall–Kier alpha value is -1.63. The van der Waals surface area contributed by atoms with Gasteiger partial charge in [-0.25, -0.2) is 0 Å². The van der Waals surface area contributed by atoms with Gasteiger partial charge in [-0.05, 0) is 5.56 Å². The van der Waals surface area contributed by atoms with Crippen molar-refractivity contribution in [2.75, 3.05) is 13.1 Å². The van der Waals surface area contributed by atoms with Crippen molar-refractivity contribution in [3.05, 3.63) is 46.0 Å². The molecule has 0 aliphatic carbocycles. The maximum absolute atomic E-state index is 12.8. The predicted octanol–water partition coefficient (Wildman–Crippen LogP) is 2.33. The first kappa shape index (κ1) is 13.8. The van der Waals surface area contributed by atoms with Crippen LogP contribution in [0, 0.1) is 16.0 Å². The second-order valence-corrected chi connectivity index (χ2v) is 4.68. The number of rotatable bonds is 3. The molecule has 2 rings (SSSR count). The van der Waals surface area contributed by atoms with E-state index in [9.17, 15) is 23.3 Å². The number of nitro groups is 1. The summed E-state index contributed by atoms with van der Waals surface area (Å²) in [6.45, 7) is -0.173. The fraction of sp³-hybridized carbons (Fsp3) is 0.500. The lowest BCUT2D eigenvalue weighted by Gasteiger charge is -2.16. The van der Waals surface area contributed by atoms with E-state index in [0.29, 0.717) is 6.54 Å². The van der Waals surface area contributed by atoms with E-state index in [4.69, 9.17) is 0 Å². The summed E-state index contributed by atoms with van der Waals surface area (Å²) in [7, 11) is 0. The van der Waals surface area contributed by atoms with Crippen LogP contribution in [-0.2, 0) is 6.54 Å². The second kappa shape index (κ2) is 5.16. The van der Waals surface area contributed by atoms with E-state index in [-0.39, 0.29) is 13.1 Å². The fourth-order valence-electron chi connectivity index (χ4n) is 2.37. The van der Waals surface area contributed by atoms with Gasteiger partial charge in [-0.2, -0.15) is 13.2 Å². The van der Waals surface area contributed by atoms with E-state index in [1.165, 1.54) is 4.90 Å². The van der Waals surface area contributed by atoms with Gasteiger partial charge in [0.15, 0.2) is 0 Å². The van der Waals surface area contributed by atoms with Crippen molar-refractivity contribution in [1.29, 1.82) is 0 Å². The fourth-order valence-corrected chi connectivity index (χ4v) is 2.37. The van der Waals surface area contributed by atoms with E-state index < -0.39 is 23.1 Å². The maximum Gasteiger partial charge on any atom is 0.399 e. The van der Waals surface area contributed by atoms with Crippen LogP contribution >= 0.6 is 0 Å². The minimum absolute atomic E-state index is 0.161. The first-order valence-electron chi connectivity index (χ1n) is 5.84. The summed E-state index contributed by atoms with van der Waals surface area (Å²) in [5.41, 5.74) is 0.854. The smallest absolute Gasteiger partial charge is 0.292 e. The Bertz CT molecular complexity index is 450. The molecule has 1 heterocycles. The molecule has 19 heavy (non-hydrogen) atoms. The molecule has 1 fully saturated rings. The molecule has 0 spiro atoms. The first-order valence-corrected chi connectivity index (χ1v) is 5.84. The molecular weight excluding hydrogens is 261 g/mol. The van der Waals surface area contributed by atoms with Gasteiger partial charge >= 0.3 is 6.18 Å². The quantitative estimate of drug-likeness (QED) is 0.627. The molecule has 0 N–H and O–H groups in total. The Morgan fingerprint density at radius 3 is 2.37 bits per heavy atom. The van der Waals surface area contributed by atoms with Crippen LogP contribution in [0.3, 0.4) is 0 Å². The van der Waals surface area contributed by atoms with Gasteiger partial charge in [-0.15, -0.1) is 0 Å². The van der Waals surface area contributed by atoms with Crippen molar-refractivity contribution in [3.63, 3.8) is 0 Å². The number of hydrogen-bond donors (Lipinski definition) is 0. The van der Waals surface area contributed by atoms with Crippen LogP contribution in [0.2, 0.25) is 0 Å². The van der Waals surface area contributed by atoms with Crippen molar-refractivity contribution < 1.29 is 18.1 Å². The van der Waals surface area contributed by atoms with Crippen LogP contribution in [0.4, 0.5) is 13.2 Å². The third-order valence-corrected chi connectivity index (χ3v) is 3.30. The van der Waals surface area contributed by atoms with Crippen molar-refractivity contribution >= 4 is 0 Å². The zero-order chi connectivity index (χ0) is 14.0. The Morgan fingerprint density at radius 1 is 1.26 bits per heavy atom. The topological polar surface area (TPSA) is 46.4 Å². The highest BCUT2D eigenvalue weighted by Gasteiger charge is 2.55. The Labute approximate surface area is 108 Å². The van der Waals surface area contributed by atoms with Crippen molar-refractivity contribution in [3.8, 4) is 0 Å². The number of nitrogens with zero attached hydrogens (tertiary/aromatic N) is 2. The lowest BCUT2D eigenvalue weighted by atomic mass is 10.0. The highest BCUT2D eigenvalue weighted by atomic mass is 19.4. The van der Waals surface area contributed by atoms with Crippen LogP contribution in [0.1, 0.15) is 5.56 Å². The van der Waals surface area contributed by atoms with E-state index in [1.807, 2.05) is 6.07 Å². The second-order valence-electron chi connectivity index (χ2n) is 4.68. The first-order chi connectivity index (χ1) is 8.88.